The van der Waals surface area contributed by atoms with Gasteiger partial charge < -0.3 is 14.7 Å². The lowest BCUT2D eigenvalue weighted by molar-refractivity contribution is -0.394. The van der Waals surface area contributed by atoms with Crippen molar-refractivity contribution in [1.82, 2.24) is 29.0 Å². The first-order chi connectivity index (χ1) is 9.90. The van der Waals surface area contributed by atoms with Crippen LogP contribution in [0.15, 0.2) is 23.9 Å². The minimum atomic E-state index is -3.66. The van der Waals surface area contributed by atoms with Gasteiger partial charge in [-0.15, -0.1) is 0 Å². The zero-order valence-corrected chi connectivity index (χ0v) is 11.9. The number of sulfonamides is 1. The van der Waals surface area contributed by atoms with Crippen LogP contribution in [0.2, 0.25) is 0 Å². The smallest absolute Gasteiger partial charge is 0.390 e. The lowest BCUT2D eigenvalue weighted by Crippen LogP contribution is -2.27. The van der Waals surface area contributed by atoms with E-state index in [1.54, 1.807) is 7.05 Å². The number of aryl methyl sites for hydroxylation is 2. The van der Waals surface area contributed by atoms with Gasteiger partial charge in [0.25, 0.3) is 10.0 Å². The summed E-state index contributed by atoms with van der Waals surface area (Å²) in [5.74, 6) is -0.483. The lowest BCUT2D eigenvalue weighted by atomic mass is 10.4. The Morgan fingerprint density at radius 2 is 2.19 bits per heavy atom. The molecule has 0 bridgehead atoms. The molecule has 0 saturated carbocycles. The summed E-state index contributed by atoms with van der Waals surface area (Å²) in [5.41, 5.74) is 0. The number of rotatable bonds is 7. The second-order valence-electron chi connectivity index (χ2n) is 4.14. The Labute approximate surface area is 119 Å². The fourth-order valence-corrected chi connectivity index (χ4v) is 2.78. The van der Waals surface area contributed by atoms with Gasteiger partial charge in [0.05, 0.1) is 6.54 Å². The Bertz CT molecular complexity index is 735. The molecule has 0 aliphatic heterocycles. The summed E-state index contributed by atoms with van der Waals surface area (Å²) >= 11 is 0. The van der Waals surface area contributed by atoms with Crippen LogP contribution in [0.5, 0.6) is 0 Å². The van der Waals surface area contributed by atoms with E-state index in [4.69, 9.17) is 0 Å². The normalized spacial score (nSPS) is 11.7. The maximum absolute atomic E-state index is 11.9. The molecular formula is C9H13N7O4S. The zero-order chi connectivity index (χ0) is 15.5. The molecule has 114 valence electrons. The number of nitrogens with one attached hydrogen (secondary N) is 1. The van der Waals surface area contributed by atoms with Gasteiger partial charge in [-0.3, -0.25) is 0 Å². The van der Waals surface area contributed by atoms with E-state index in [0.717, 1.165) is 0 Å². The largest absolute Gasteiger partial charge is 0.490 e. The number of nitro groups is 1. The first kappa shape index (κ1) is 15.1. The van der Waals surface area contributed by atoms with Gasteiger partial charge in [0, 0.05) is 31.1 Å². The molecule has 0 fully saturated rings. The standard InChI is InChI=1S/C9H13N7O4S/c1-14-6-4-10-9(14)21(19,20)12-3-2-5-15-7-11-8(13-15)16(17)18/h4,6-7,12H,2-3,5H2,1H3. The van der Waals surface area contributed by atoms with Gasteiger partial charge in [0.15, 0.2) is 0 Å². The highest BCUT2D eigenvalue weighted by atomic mass is 32.2. The lowest BCUT2D eigenvalue weighted by Gasteiger charge is -2.05. The molecule has 2 aromatic rings. The molecule has 0 aliphatic rings. The number of nitrogens with zero attached hydrogens (tertiary/aromatic N) is 6. The van der Waals surface area contributed by atoms with Crippen LogP contribution in [-0.2, 0) is 23.6 Å². The second kappa shape index (κ2) is 5.97. The van der Waals surface area contributed by atoms with Gasteiger partial charge in [0.2, 0.25) is 11.5 Å². The predicted octanol–water partition coefficient (Wildman–Crippen LogP) is -0.712. The molecule has 1 N–H and O–H groups in total. The van der Waals surface area contributed by atoms with Crippen LogP contribution in [0.25, 0.3) is 0 Å². The average Bonchev–Trinajstić information content (AvgIpc) is 3.03. The van der Waals surface area contributed by atoms with Crippen LogP contribution < -0.4 is 4.72 Å². The Hall–Kier alpha value is -2.34. The van der Waals surface area contributed by atoms with Gasteiger partial charge in [0.1, 0.15) is 0 Å². The summed E-state index contributed by atoms with van der Waals surface area (Å²) < 4.78 is 28.9. The molecule has 2 rings (SSSR count). The Morgan fingerprint density at radius 1 is 1.43 bits per heavy atom. The van der Waals surface area contributed by atoms with Crippen molar-refractivity contribution in [3.8, 4) is 0 Å². The van der Waals surface area contributed by atoms with Crippen molar-refractivity contribution < 1.29 is 13.3 Å². The van der Waals surface area contributed by atoms with E-state index in [2.05, 4.69) is 19.8 Å². The van der Waals surface area contributed by atoms with Crippen molar-refractivity contribution in [2.75, 3.05) is 6.54 Å². The molecule has 0 aliphatic carbocycles. The minimum Gasteiger partial charge on any atom is -0.390 e. The first-order valence-electron chi connectivity index (χ1n) is 5.91. The minimum absolute atomic E-state index is 0.0705. The number of imidazole rings is 1. The Balaban J connectivity index is 1.84. The van der Waals surface area contributed by atoms with Gasteiger partial charge in [-0.05, 0) is 11.3 Å². The molecule has 0 atom stereocenters. The highest BCUT2D eigenvalue weighted by Gasteiger charge is 2.18. The predicted molar refractivity (Wildman–Crippen MR) is 69.7 cm³/mol. The SMILES string of the molecule is Cn1ccnc1S(=O)(=O)NCCCn1cnc([N+](=O)[O-])n1. The third-order valence-electron chi connectivity index (χ3n) is 2.56. The van der Waals surface area contributed by atoms with Crippen LogP contribution in [-0.4, -0.2) is 44.2 Å². The molecule has 0 saturated heterocycles. The third-order valence-corrected chi connectivity index (χ3v) is 4.02. The molecule has 11 nitrogen and oxygen atoms in total. The van der Waals surface area contributed by atoms with Crippen molar-refractivity contribution in [3.63, 3.8) is 0 Å². The van der Waals surface area contributed by atoms with E-state index in [0.29, 0.717) is 13.0 Å². The molecule has 0 aromatic carbocycles. The summed E-state index contributed by atoms with van der Waals surface area (Å²) in [6.07, 6.45) is 4.56. The quantitative estimate of drug-likeness (QED) is 0.404. The fourth-order valence-electron chi connectivity index (χ4n) is 1.60. The van der Waals surface area contributed by atoms with E-state index < -0.39 is 20.9 Å². The van der Waals surface area contributed by atoms with Gasteiger partial charge in [-0.2, -0.15) is 4.68 Å². The highest BCUT2D eigenvalue weighted by molar-refractivity contribution is 7.89. The van der Waals surface area contributed by atoms with Crippen molar-refractivity contribution in [3.05, 3.63) is 28.8 Å². The van der Waals surface area contributed by atoms with Crippen LogP contribution >= 0.6 is 0 Å². The molecule has 12 heteroatoms. The van der Waals surface area contributed by atoms with E-state index in [-0.39, 0.29) is 11.7 Å². The van der Waals surface area contributed by atoms with Crippen LogP contribution in [0.4, 0.5) is 5.95 Å². The van der Waals surface area contributed by atoms with E-state index in [1.165, 1.54) is 28.0 Å². The first-order valence-corrected chi connectivity index (χ1v) is 7.39. The number of hydrogen-bond acceptors (Lipinski definition) is 7. The van der Waals surface area contributed by atoms with Gasteiger partial charge in [-0.25, -0.2) is 18.1 Å². The monoisotopic (exact) mass is 315 g/mol. The summed E-state index contributed by atoms with van der Waals surface area (Å²) in [4.78, 5) is 17.0. The molecule has 0 unspecified atom stereocenters. The van der Waals surface area contributed by atoms with Crippen molar-refractivity contribution in [2.24, 2.45) is 7.05 Å². The topological polar surface area (TPSA) is 138 Å². The van der Waals surface area contributed by atoms with Crippen LogP contribution in [0, 0.1) is 10.1 Å². The maximum atomic E-state index is 11.9. The molecule has 21 heavy (non-hydrogen) atoms. The van der Waals surface area contributed by atoms with Crippen molar-refractivity contribution in [1.29, 1.82) is 0 Å². The van der Waals surface area contributed by atoms with Gasteiger partial charge >= 0.3 is 5.95 Å². The molecule has 2 heterocycles. The van der Waals surface area contributed by atoms with Crippen molar-refractivity contribution in [2.45, 2.75) is 18.1 Å². The fraction of sp³-hybridized carbons (Fsp3) is 0.444. The Morgan fingerprint density at radius 3 is 2.76 bits per heavy atom. The summed E-state index contributed by atoms with van der Waals surface area (Å²) in [6.45, 7) is 0.465. The van der Waals surface area contributed by atoms with E-state index in [1.807, 2.05) is 0 Å². The van der Waals surface area contributed by atoms with Crippen LogP contribution in [0.3, 0.4) is 0 Å². The maximum Gasteiger partial charge on any atom is 0.490 e. The number of hydrogen-bond donors (Lipinski definition) is 1. The number of aromatic nitrogens is 5. The van der Waals surface area contributed by atoms with Crippen LogP contribution in [0.1, 0.15) is 6.42 Å². The summed E-state index contributed by atoms with van der Waals surface area (Å²) in [5, 5.41) is 14.0. The molecule has 0 radical (unpaired) electrons. The molecular weight excluding hydrogens is 302 g/mol. The Kier molecular flexibility index (Phi) is 4.28. The molecule has 0 amide bonds. The van der Waals surface area contributed by atoms with E-state index >= 15 is 0 Å². The third kappa shape index (κ3) is 3.61. The molecule has 2 aromatic heterocycles. The van der Waals surface area contributed by atoms with Gasteiger partial charge in [-0.1, -0.05) is 4.98 Å². The average molecular weight is 315 g/mol. The summed E-state index contributed by atoms with van der Waals surface area (Å²) in [6, 6.07) is 0. The van der Waals surface area contributed by atoms with Crippen molar-refractivity contribution >= 4 is 16.0 Å². The molecule has 0 spiro atoms. The highest BCUT2D eigenvalue weighted by Crippen LogP contribution is 2.04. The van der Waals surface area contributed by atoms with E-state index in [9.17, 15) is 18.5 Å². The second-order valence-corrected chi connectivity index (χ2v) is 5.80. The summed E-state index contributed by atoms with van der Waals surface area (Å²) in [7, 11) is -2.08. The zero-order valence-electron chi connectivity index (χ0n) is 11.1.